The van der Waals surface area contributed by atoms with Gasteiger partial charge in [-0.05, 0) is 24.3 Å². The average molecular weight is 544 g/mol. The summed E-state index contributed by atoms with van der Waals surface area (Å²) in [5, 5.41) is 18.9. The predicted octanol–water partition coefficient (Wildman–Crippen LogP) is 6.63. The van der Waals surface area contributed by atoms with Crippen LogP contribution in [-0.4, -0.2) is 10.2 Å². The second-order valence-corrected chi connectivity index (χ2v) is 7.57. The highest BCUT2D eigenvalue weighted by molar-refractivity contribution is 5.75. The summed E-state index contributed by atoms with van der Waals surface area (Å²) in [7, 11) is 0. The van der Waals surface area contributed by atoms with Crippen LogP contribution in [0, 0.1) is 46.5 Å². The number of hydrogen-bond acceptors (Lipinski definition) is 6. The minimum absolute atomic E-state index is 0.336. The molecule has 0 amide bonds. The monoisotopic (exact) mass is 544 g/mol. The van der Waals surface area contributed by atoms with E-state index < -0.39 is 97.8 Å². The number of phenols is 2. The lowest BCUT2D eigenvalue weighted by molar-refractivity contribution is 0.361. The Morgan fingerprint density at radius 3 is 1.29 bits per heavy atom. The van der Waals surface area contributed by atoms with Gasteiger partial charge in [0.1, 0.15) is 23.0 Å². The van der Waals surface area contributed by atoms with Crippen molar-refractivity contribution >= 4 is 11.4 Å². The van der Waals surface area contributed by atoms with Crippen LogP contribution in [0.2, 0.25) is 0 Å². The molecule has 0 saturated carbocycles. The molecule has 0 fully saturated rings. The molecule has 0 aliphatic heterocycles. The fourth-order valence-electron chi connectivity index (χ4n) is 3.28. The van der Waals surface area contributed by atoms with Crippen LogP contribution in [0.25, 0.3) is 11.1 Å². The van der Waals surface area contributed by atoms with Gasteiger partial charge in [-0.15, -0.1) is 0 Å². The summed E-state index contributed by atoms with van der Waals surface area (Å²) in [5.74, 6) is -24.6. The molecule has 4 aromatic carbocycles. The van der Waals surface area contributed by atoms with Gasteiger partial charge in [0.15, 0.2) is 29.0 Å². The van der Waals surface area contributed by atoms with Crippen LogP contribution in [0.1, 0.15) is 0 Å². The highest BCUT2D eigenvalue weighted by Crippen LogP contribution is 2.46. The Kier molecular flexibility index (Phi) is 6.57. The maximum absolute atomic E-state index is 15.1. The number of aromatic hydroxyl groups is 2. The van der Waals surface area contributed by atoms with E-state index in [2.05, 4.69) is 0 Å². The Bertz CT molecular complexity index is 1590. The van der Waals surface area contributed by atoms with Crippen LogP contribution in [0.15, 0.2) is 36.4 Å². The van der Waals surface area contributed by atoms with Gasteiger partial charge in [-0.2, -0.15) is 13.2 Å². The molecule has 38 heavy (non-hydrogen) atoms. The fraction of sp³-hybridized carbons (Fsp3) is 0. The Balaban J connectivity index is 1.95. The number of benzene rings is 4. The second-order valence-electron chi connectivity index (χ2n) is 7.57. The maximum Gasteiger partial charge on any atom is 0.205 e. The summed E-state index contributed by atoms with van der Waals surface area (Å²) >= 11 is 0. The summed E-state index contributed by atoms with van der Waals surface area (Å²) in [6.07, 6.45) is 0. The van der Waals surface area contributed by atoms with E-state index >= 15 is 8.78 Å². The number of ether oxygens (including phenoxy) is 2. The molecule has 0 aliphatic carbocycles. The van der Waals surface area contributed by atoms with Gasteiger partial charge in [0.25, 0.3) is 0 Å². The normalized spacial score (nSPS) is 11.1. The average Bonchev–Trinajstić information content (AvgIpc) is 2.88. The van der Waals surface area contributed by atoms with Crippen LogP contribution < -0.4 is 20.9 Å². The van der Waals surface area contributed by atoms with Crippen molar-refractivity contribution in [3.8, 4) is 45.6 Å². The summed E-state index contributed by atoms with van der Waals surface area (Å²) in [5.41, 5.74) is 6.27. The van der Waals surface area contributed by atoms with Crippen LogP contribution in [0.5, 0.6) is 34.5 Å². The molecular weight excluding hydrogens is 532 g/mol. The lowest BCUT2D eigenvalue weighted by atomic mass is 10.00. The van der Waals surface area contributed by atoms with Crippen molar-refractivity contribution in [3.63, 3.8) is 0 Å². The molecule has 0 aliphatic rings. The van der Waals surface area contributed by atoms with Crippen molar-refractivity contribution in [1.82, 2.24) is 0 Å². The molecular formula is C24H12F8N2O4. The van der Waals surface area contributed by atoms with Crippen molar-refractivity contribution in [2.45, 2.75) is 0 Å². The summed E-state index contributed by atoms with van der Waals surface area (Å²) in [4.78, 5) is 0. The lowest BCUT2D eigenvalue weighted by Gasteiger charge is -2.18. The third kappa shape index (κ3) is 4.29. The number of phenolic OH excluding ortho intramolecular Hbond substituents is 2. The first kappa shape index (κ1) is 26.2. The number of nitrogen functional groups attached to an aromatic ring is 2. The minimum Gasteiger partial charge on any atom is -0.506 e. The van der Waals surface area contributed by atoms with Crippen molar-refractivity contribution in [2.24, 2.45) is 0 Å². The zero-order valence-electron chi connectivity index (χ0n) is 18.4. The minimum atomic E-state index is -2.57. The standard InChI is InChI=1S/C24H12F8N2O4/c25-15-13(16(26)21(31)24(20(15)30)38-8-2-4-12(36)10(34)6-8)14-17(27)18(28)19(29)22(32)23(14)37-7-1-3-11(35)9(33)5-7/h1-6,35-36H,33-34H2. The second kappa shape index (κ2) is 9.53. The third-order valence-electron chi connectivity index (χ3n) is 5.13. The van der Waals surface area contributed by atoms with Gasteiger partial charge in [-0.3, -0.25) is 0 Å². The smallest absolute Gasteiger partial charge is 0.205 e. The number of rotatable bonds is 5. The van der Waals surface area contributed by atoms with E-state index in [1.54, 1.807) is 0 Å². The highest BCUT2D eigenvalue weighted by atomic mass is 19.2. The number of anilines is 2. The first-order valence-electron chi connectivity index (χ1n) is 10.1. The van der Waals surface area contributed by atoms with Crippen LogP contribution in [0.4, 0.5) is 46.5 Å². The van der Waals surface area contributed by atoms with Gasteiger partial charge >= 0.3 is 0 Å². The predicted molar refractivity (Wildman–Crippen MR) is 117 cm³/mol. The molecule has 198 valence electrons. The van der Waals surface area contributed by atoms with Crippen molar-refractivity contribution < 1.29 is 54.8 Å². The van der Waals surface area contributed by atoms with Crippen molar-refractivity contribution in [2.75, 3.05) is 11.5 Å². The van der Waals surface area contributed by atoms with Gasteiger partial charge in [0.2, 0.25) is 29.0 Å². The number of halogens is 8. The Morgan fingerprint density at radius 1 is 0.474 bits per heavy atom. The quantitative estimate of drug-likeness (QED) is 0.0739. The molecule has 4 aromatic rings. The largest absolute Gasteiger partial charge is 0.506 e. The molecule has 0 spiro atoms. The van der Waals surface area contributed by atoms with Gasteiger partial charge < -0.3 is 31.2 Å². The van der Waals surface area contributed by atoms with Gasteiger partial charge in [0, 0.05) is 12.1 Å². The Labute approximate surface area is 206 Å². The fourth-order valence-corrected chi connectivity index (χ4v) is 3.28. The van der Waals surface area contributed by atoms with Gasteiger partial charge in [-0.1, -0.05) is 0 Å². The summed E-state index contributed by atoms with van der Waals surface area (Å²) in [6, 6.07) is 5.27. The first-order chi connectivity index (χ1) is 17.8. The summed E-state index contributed by atoms with van der Waals surface area (Å²) in [6.45, 7) is 0. The lowest BCUT2D eigenvalue weighted by Crippen LogP contribution is -2.09. The molecule has 14 heteroatoms. The van der Waals surface area contributed by atoms with E-state index in [0.29, 0.717) is 0 Å². The molecule has 0 bridgehead atoms. The van der Waals surface area contributed by atoms with E-state index in [4.69, 9.17) is 20.9 Å². The van der Waals surface area contributed by atoms with Crippen LogP contribution in [0.3, 0.4) is 0 Å². The molecule has 4 rings (SSSR count). The number of hydrogen-bond donors (Lipinski definition) is 4. The molecule has 0 heterocycles. The summed E-state index contributed by atoms with van der Waals surface area (Å²) < 4.78 is 127. The Morgan fingerprint density at radius 2 is 0.842 bits per heavy atom. The zero-order valence-corrected chi connectivity index (χ0v) is 18.4. The van der Waals surface area contributed by atoms with E-state index in [-0.39, 0.29) is 5.69 Å². The molecule has 6 N–H and O–H groups in total. The van der Waals surface area contributed by atoms with E-state index in [0.717, 1.165) is 36.4 Å². The van der Waals surface area contributed by atoms with E-state index in [9.17, 15) is 36.6 Å². The van der Waals surface area contributed by atoms with Gasteiger partial charge in [-0.25, -0.2) is 22.0 Å². The van der Waals surface area contributed by atoms with Gasteiger partial charge in [0.05, 0.1) is 22.5 Å². The van der Waals surface area contributed by atoms with E-state index in [1.165, 1.54) is 0 Å². The SMILES string of the molecule is Nc1cc(Oc2c(F)c(F)c(-c3c(F)c(F)c(F)c(F)c3Oc3ccc(O)c(N)c3)c(F)c2F)ccc1O. The zero-order chi connectivity index (χ0) is 28.0. The van der Waals surface area contributed by atoms with Crippen LogP contribution >= 0.6 is 0 Å². The van der Waals surface area contributed by atoms with E-state index in [1.807, 2.05) is 0 Å². The molecule has 0 aromatic heterocycles. The first-order valence-corrected chi connectivity index (χ1v) is 10.1. The maximum atomic E-state index is 15.1. The molecule has 0 saturated heterocycles. The van der Waals surface area contributed by atoms with Crippen molar-refractivity contribution in [1.29, 1.82) is 0 Å². The highest BCUT2D eigenvalue weighted by Gasteiger charge is 2.36. The number of nitrogens with two attached hydrogens (primary N) is 2. The third-order valence-corrected chi connectivity index (χ3v) is 5.13. The van der Waals surface area contributed by atoms with Crippen molar-refractivity contribution in [3.05, 3.63) is 82.9 Å². The Hall–Kier alpha value is -4.88. The molecule has 0 atom stereocenters. The molecule has 6 nitrogen and oxygen atoms in total. The topological polar surface area (TPSA) is 111 Å². The molecule has 0 radical (unpaired) electrons. The molecule has 0 unspecified atom stereocenters. The van der Waals surface area contributed by atoms with Crippen LogP contribution in [-0.2, 0) is 0 Å².